The van der Waals surface area contributed by atoms with Crippen molar-refractivity contribution in [3.63, 3.8) is 0 Å². The summed E-state index contributed by atoms with van der Waals surface area (Å²) < 4.78 is 0. The molecular weight excluding hydrogens is 368 g/mol. The molecule has 2 aliphatic rings. The Labute approximate surface area is 182 Å². The first-order valence-corrected chi connectivity index (χ1v) is 11.6. The van der Waals surface area contributed by atoms with Gasteiger partial charge in [0.1, 0.15) is 0 Å². The van der Waals surface area contributed by atoms with E-state index in [1.165, 1.54) is 73.7 Å². The van der Waals surface area contributed by atoms with Crippen molar-refractivity contribution in [1.29, 1.82) is 0 Å². The number of hydrogen-bond donors (Lipinski definition) is 3. The van der Waals surface area contributed by atoms with Crippen molar-refractivity contribution in [1.82, 2.24) is 20.5 Å². The summed E-state index contributed by atoms with van der Waals surface area (Å²) in [6.07, 6.45) is 11.7. The summed E-state index contributed by atoms with van der Waals surface area (Å²) >= 11 is 0. The fraction of sp³-hybridized carbons (Fsp3) is 0.538. The zero-order valence-corrected chi connectivity index (χ0v) is 19.0. The summed E-state index contributed by atoms with van der Waals surface area (Å²) in [5, 5.41) is 8.15. The Bertz CT molecular complexity index is 816. The van der Waals surface area contributed by atoms with Gasteiger partial charge >= 0.3 is 0 Å². The Hall–Kier alpha value is -2.20. The monoisotopic (exact) mass is 408 g/mol. The molecule has 2 heterocycles. The van der Waals surface area contributed by atoms with Gasteiger partial charge in [-0.05, 0) is 75.7 Å². The van der Waals surface area contributed by atoms with Crippen LogP contribution in [0.2, 0.25) is 0 Å². The van der Waals surface area contributed by atoms with Crippen LogP contribution in [-0.2, 0) is 6.54 Å². The number of likely N-dealkylation sites (N-methyl/N-ethyl adjacent to an activating group) is 1. The normalized spacial score (nSPS) is 20.3. The maximum absolute atomic E-state index is 4.10. The molecule has 30 heavy (non-hydrogen) atoms. The first-order valence-electron chi connectivity index (χ1n) is 11.6. The lowest BCUT2D eigenvalue weighted by atomic mass is 9.90. The zero-order valence-electron chi connectivity index (χ0n) is 19.0. The van der Waals surface area contributed by atoms with Gasteiger partial charge in [-0.15, -0.1) is 6.58 Å². The molecule has 0 spiro atoms. The number of piperidine rings is 1. The van der Waals surface area contributed by atoms with Crippen molar-refractivity contribution in [3.05, 3.63) is 60.6 Å². The second kappa shape index (κ2) is 11.3. The lowest BCUT2D eigenvalue weighted by Gasteiger charge is -2.31. The average molecular weight is 409 g/mol. The zero-order chi connectivity index (χ0) is 21.3. The van der Waals surface area contributed by atoms with E-state index >= 15 is 0 Å². The number of hydrogen-bond acceptors (Lipinski definition) is 3. The van der Waals surface area contributed by atoms with E-state index in [-0.39, 0.29) is 0 Å². The number of nitrogens with zero attached hydrogens (tertiary/aromatic N) is 1. The molecule has 1 aliphatic heterocycles. The van der Waals surface area contributed by atoms with Crippen LogP contribution in [0, 0.1) is 12.8 Å². The van der Waals surface area contributed by atoms with Crippen molar-refractivity contribution in [3.8, 4) is 0 Å². The number of H-pyrrole nitrogens is 1. The number of aryl methyl sites for hydroxylation is 1. The van der Waals surface area contributed by atoms with Gasteiger partial charge < -0.3 is 20.5 Å². The minimum Gasteiger partial charge on any atom is -0.368 e. The maximum Gasteiger partial charge on any atom is 0.0918 e. The minimum absolute atomic E-state index is 0.504. The molecule has 1 saturated heterocycles. The van der Waals surface area contributed by atoms with E-state index in [2.05, 4.69) is 78.0 Å². The number of benzene rings is 1. The summed E-state index contributed by atoms with van der Waals surface area (Å²) in [7, 11) is 2.18. The topological polar surface area (TPSA) is 43.1 Å². The molecule has 1 saturated carbocycles. The Morgan fingerprint density at radius 2 is 1.97 bits per heavy atom. The lowest BCUT2D eigenvalue weighted by molar-refractivity contribution is 0.233. The predicted molar refractivity (Wildman–Crippen MR) is 129 cm³/mol. The van der Waals surface area contributed by atoms with E-state index in [9.17, 15) is 0 Å². The highest BCUT2D eigenvalue weighted by Crippen LogP contribution is 2.23. The average Bonchev–Trinajstić information content (AvgIpc) is 3.15. The van der Waals surface area contributed by atoms with Gasteiger partial charge in [0.25, 0.3) is 0 Å². The fourth-order valence-corrected chi connectivity index (χ4v) is 4.56. The van der Waals surface area contributed by atoms with Crippen molar-refractivity contribution in [2.75, 3.05) is 20.1 Å². The van der Waals surface area contributed by atoms with Crippen LogP contribution in [0.4, 0.5) is 0 Å². The van der Waals surface area contributed by atoms with E-state index < -0.39 is 0 Å². The molecule has 1 atom stereocenters. The fourth-order valence-electron chi connectivity index (χ4n) is 4.56. The Balaban J connectivity index is 0.000000269. The van der Waals surface area contributed by atoms with Crippen molar-refractivity contribution in [2.45, 2.75) is 64.5 Å². The van der Waals surface area contributed by atoms with Gasteiger partial charge in [0.15, 0.2) is 0 Å². The predicted octanol–water partition coefficient (Wildman–Crippen LogP) is 5.47. The third-order valence-corrected chi connectivity index (χ3v) is 6.31. The molecule has 3 N–H and O–H groups in total. The van der Waals surface area contributed by atoms with E-state index in [0.29, 0.717) is 6.04 Å². The molecule has 1 aromatic carbocycles. The molecule has 4 heteroatoms. The quantitative estimate of drug-likeness (QED) is 0.555. The molecule has 164 valence electrons. The number of aromatic nitrogens is 1. The Morgan fingerprint density at radius 3 is 2.67 bits per heavy atom. The first-order chi connectivity index (χ1) is 14.5. The summed E-state index contributed by atoms with van der Waals surface area (Å²) in [6, 6.07) is 9.19. The number of likely N-dealkylation sites (tertiary alicyclic amines) is 1. The molecule has 4 rings (SSSR count). The van der Waals surface area contributed by atoms with Gasteiger partial charge in [-0.25, -0.2) is 0 Å². The third-order valence-electron chi connectivity index (χ3n) is 6.31. The molecule has 4 nitrogen and oxygen atoms in total. The number of aromatic amines is 1. The third kappa shape index (κ3) is 6.94. The molecule has 2 aromatic rings. The Kier molecular flexibility index (Phi) is 8.44. The van der Waals surface area contributed by atoms with Crippen LogP contribution in [0.5, 0.6) is 0 Å². The van der Waals surface area contributed by atoms with Crippen LogP contribution in [-0.4, -0.2) is 36.1 Å². The van der Waals surface area contributed by atoms with Crippen molar-refractivity contribution in [2.24, 2.45) is 5.92 Å². The molecular formula is C26H40N4. The smallest absolute Gasteiger partial charge is 0.0918 e. The van der Waals surface area contributed by atoms with Crippen LogP contribution in [0.1, 0.15) is 56.2 Å². The minimum atomic E-state index is 0.504. The standard InChI is InChI=1S/C18H26N4.C8H14/c1-13-6-7-18-15(9-13)10-17(21-18)11-19-14(2)20-16-5-4-8-22(3)12-16;1-2-8-6-4-3-5-7-8/h6-7,9-10,16,19-21H,2,4-5,8,11-12H2,1,3H3;2,8H,1,3-7H2. The second-order valence-electron chi connectivity index (χ2n) is 9.10. The van der Waals surface area contributed by atoms with E-state index in [1.54, 1.807) is 0 Å². The van der Waals surface area contributed by atoms with Crippen LogP contribution in [0.3, 0.4) is 0 Å². The molecule has 1 aromatic heterocycles. The summed E-state index contributed by atoms with van der Waals surface area (Å²) in [6.45, 7) is 13.1. The molecule has 0 radical (unpaired) electrons. The lowest BCUT2D eigenvalue weighted by Crippen LogP contribution is -2.45. The highest BCUT2D eigenvalue weighted by Gasteiger charge is 2.16. The van der Waals surface area contributed by atoms with Crippen LogP contribution in [0.15, 0.2) is 49.3 Å². The first kappa shape index (κ1) is 22.5. The molecule has 0 bridgehead atoms. The highest BCUT2D eigenvalue weighted by molar-refractivity contribution is 5.81. The summed E-state index contributed by atoms with van der Waals surface area (Å²) in [5.74, 6) is 1.76. The van der Waals surface area contributed by atoms with Crippen molar-refractivity contribution < 1.29 is 0 Å². The molecule has 1 aliphatic carbocycles. The molecule has 2 fully saturated rings. The van der Waals surface area contributed by atoms with Crippen molar-refractivity contribution >= 4 is 10.9 Å². The van der Waals surface area contributed by atoms with E-state index in [1.807, 2.05) is 0 Å². The number of nitrogens with one attached hydrogen (secondary N) is 3. The number of allylic oxidation sites excluding steroid dienone is 1. The number of rotatable bonds is 6. The van der Waals surface area contributed by atoms with Crippen LogP contribution < -0.4 is 10.6 Å². The SMILES string of the molecule is C=C(NCc1cc2cc(C)ccc2[nH]1)NC1CCCN(C)C1.C=CC1CCCCC1. The van der Waals surface area contributed by atoms with Gasteiger partial charge in [0, 0.05) is 23.8 Å². The van der Waals surface area contributed by atoms with E-state index in [0.717, 1.165) is 24.8 Å². The van der Waals surface area contributed by atoms with Gasteiger partial charge in [-0.1, -0.05) is 43.5 Å². The largest absolute Gasteiger partial charge is 0.368 e. The molecule has 0 amide bonds. The van der Waals surface area contributed by atoms with Crippen LogP contribution >= 0.6 is 0 Å². The number of fused-ring (bicyclic) bond motifs is 1. The highest BCUT2D eigenvalue weighted by atomic mass is 15.2. The van der Waals surface area contributed by atoms with Gasteiger partial charge in [-0.2, -0.15) is 0 Å². The van der Waals surface area contributed by atoms with Crippen LogP contribution in [0.25, 0.3) is 10.9 Å². The van der Waals surface area contributed by atoms with Gasteiger partial charge in [-0.3, -0.25) is 0 Å². The summed E-state index contributed by atoms with van der Waals surface area (Å²) in [5.41, 5.74) is 3.66. The molecule has 1 unspecified atom stereocenters. The maximum atomic E-state index is 4.10. The second-order valence-corrected chi connectivity index (χ2v) is 9.10. The van der Waals surface area contributed by atoms with E-state index in [4.69, 9.17) is 0 Å². The summed E-state index contributed by atoms with van der Waals surface area (Å²) in [4.78, 5) is 5.82. The van der Waals surface area contributed by atoms with Gasteiger partial charge in [0.2, 0.25) is 0 Å². The Morgan fingerprint density at radius 1 is 1.17 bits per heavy atom. The van der Waals surface area contributed by atoms with Gasteiger partial charge in [0.05, 0.1) is 12.4 Å².